The van der Waals surface area contributed by atoms with Gasteiger partial charge < -0.3 is 4.90 Å². The highest BCUT2D eigenvalue weighted by atomic mass is 28.3. The first-order chi connectivity index (χ1) is 18.6. The zero-order valence-corrected chi connectivity index (χ0v) is 22.1. The predicted molar refractivity (Wildman–Crippen MR) is 156 cm³/mol. The Morgan fingerprint density at radius 2 is 0.974 bits per heavy atom. The van der Waals surface area contributed by atoms with Crippen molar-refractivity contribution >= 4 is 40.9 Å². The van der Waals surface area contributed by atoms with Crippen molar-refractivity contribution in [3.63, 3.8) is 0 Å². The number of ketones is 1. The molecule has 0 bridgehead atoms. The van der Waals surface area contributed by atoms with Crippen LogP contribution in [0.15, 0.2) is 151 Å². The Kier molecular flexibility index (Phi) is 5.89. The second kappa shape index (κ2) is 9.40. The highest BCUT2D eigenvalue weighted by Gasteiger charge is 2.57. The van der Waals surface area contributed by atoms with Gasteiger partial charge in [0.15, 0.2) is 13.9 Å². The molecule has 1 amide bonds. The van der Waals surface area contributed by atoms with Crippen molar-refractivity contribution in [1.82, 2.24) is 4.90 Å². The van der Waals surface area contributed by atoms with Crippen LogP contribution in [0.1, 0.15) is 5.56 Å². The third kappa shape index (κ3) is 3.49. The first kappa shape index (κ1) is 23.8. The van der Waals surface area contributed by atoms with Crippen molar-refractivity contribution in [3.05, 3.63) is 156 Å². The predicted octanol–water partition coefficient (Wildman–Crippen LogP) is 4.06. The second-order valence-corrected chi connectivity index (χ2v) is 13.5. The average molecular weight is 510 g/mol. The van der Waals surface area contributed by atoms with Gasteiger partial charge in [-0.25, -0.2) is 0 Å². The molecule has 0 N–H and O–H groups in total. The number of hydrogen-bond acceptors (Lipinski definition) is 2. The molecule has 1 spiro atoms. The van der Waals surface area contributed by atoms with E-state index in [0.29, 0.717) is 0 Å². The SMILES string of the molecule is CN1C(=O)C([Si](c2ccccc2)(c2ccccc2)c2ccccc2)=C(c2ccccc2)C12C=CC(=O)C=C2. The third-order valence-electron chi connectivity index (χ3n) is 7.79. The lowest BCUT2D eigenvalue weighted by Gasteiger charge is -2.36. The molecule has 0 saturated heterocycles. The Labute approximate surface area is 224 Å². The van der Waals surface area contributed by atoms with Crippen LogP contribution in [0.25, 0.3) is 5.57 Å². The number of likely N-dealkylation sites (N-methyl/N-ethyl adjacent to an activating group) is 1. The van der Waals surface area contributed by atoms with Crippen molar-refractivity contribution in [2.75, 3.05) is 7.05 Å². The normalized spacial score (nSPS) is 16.5. The van der Waals surface area contributed by atoms with Gasteiger partial charge in [0.25, 0.3) is 0 Å². The standard InChI is InChI=1S/C34H27NO2Si/c1-35-33(37)32(31(26-14-6-2-7-15-26)34(35)24-22-27(36)23-25-34)38(28-16-8-3-9-17-28,29-18-10-4-11-19-29)30-20-12-5-13-21-30/h2-25H,1H3. The maximum absolute atomic E-state index is 14.8. The minimum Gasteiger partial charge on any atom is -0.325 e. The molecule has 1 heterocycles. The summed E-state index contributed by atoms with van der Waals surface area (Å²) in [4.78, 5) is 28.9. The Morgan fingerprint density at radius 1 is 0.579 bits per heavy atom. The Hall–Kier alpha value is -4.54. The number of carbonyl (C=O) groups excluding carboxylic acids is 2. The zero-order valence-electron chi connectivity index (χ0n) is 21.1. The summed E-state index contributed by atoms with van der Waals surface area (Å²) in [7, 11) is -1.28. The molecule has 4 heteroatoms. The van der Waals surface area contributed by atoms with Crippen molar-refractivity contribution in [2.24, 2.45) is 0 Å². The van der Waals surface area contributed by atoms with E-state index in [4.69, 9.17) is 0 Å². The quantitative estimate of drug-likeness (QED) is 0.301. The summed E-state index contributed by atoms with van der Waals surface area (Å²) in [5, 5.41) is 4.23. The fourth-order valence-electron chi connectivity index (χ4n) is 6.06. The van der Waals surface area contributed by atoms with Crippen LogP contribution in [0.2, 0.25) is 0 Å². The van der Waals surface area contributed by atoms with Gasteiger partial charge in [-0.15, -0.1) is 0 Å². The van der Waals surface area contributed by atoms with E-state index in [0.717, 1.165) is 31.9 Å². The first-order valence-corrected chi connectivity index (χ1v) is 14.8. The number of rotatable bonds is 5. The van der Waals surface area contributed by atoms with Crippen LogP contribution < -0.4 is 15.6 Å². The molecule has 6 rings (SSSR count). The maximum Gasteiger partial charge on any atom is 0.248 e. The number of hydrogen-bond donors (Lipinski definition) is 0. The van der Waals surface area contributed by atoms with Crippen LogP contribution in [-0.2, 0) is 9.59 Å². The highest BCUT2D eigenvalue weighted by molar-refractivity contribution is 7.18. The van der Waals surface area contributed by atoms with Gasteiger partial charge >= 0.3 is 0 Å². The summed E-state index contributed by atoms with van der Waals surface area (Å²) in [6.45, 7) is 0. The lowest BCUT2D eigenvalue weighted by Crippen LogP contribution is -2.70. The molecule has 0 fully saturated rings. The smallest absolute Gasteiger partial charge is 0.248 e. The molecule has 0 saturated carbocycles. The van der Waals surface area contributed by atoms with Crippen LogP contribution in [0.5, 0.6) is 0 Å². The molecule has 0 atom stereocenters. The van der Waals surface area contributed by atoms with Gasteiger partial charge in [-0.1, -0.05) is 121 Å². The van der Waals surface area contributed by atoms with Gasteiger partial charge in [0.05, 0.1) is 0 Å². The summed E-state index contributed by atoms with van der Waals surface area (Å²) in [5.74, 6) is -0.0919. The molecule has 1 aliphatic carbocycles. The van der Waals surface area contributed by atoms with E-state index in [1.807, 2.05) is 55.6 Å². The molecule has 0 aromatic heterocycles. The summed E-state index contributed by atoms with van der Waals surface area (Å²) >= 11 is 0. The van der Waals surface area contributed by atoms with Crippen LogP contribution in [-0.4, -0.2) is 37.3 Å². The minimum atomic E-state index is -3.13. The molecule has 38 heavy (non-hydrogen) atoms. The third-order valence-corrected chi connectivity index (χ3v) is 12.6. The number of carbonyl (C=O) groups is 2. The highest BCUT2D eigenvalue weighted by Crippen LogP contribution is 2.47. The van der Waals surface area contributed by atoms with Gasteiger partial charge in [-0.3, -0.25) is 9.59 Å². The van der Waals surface area contributed by atoms with Crippen molar-refractivity contribution in [1.29, 1.82) is 0 Å². The number of allylic oxidation sites excluding steroid dienone is 2. The molecule has 4 aromatic rings. The van der Waals surface area contributed by atoms with Crippen LogP contribution >= 0.6 is 0 Å². The van der Waals surface area contributed by atoms with E-state index < -0.39 is 13.6 Å². The molecule has 1 aliphatic heterocycles. The molecule has 0 radical (unpaired) electrons. The average Bonchev–Trinajstić information content (AvgIpc) is 3.19. The van der Waals surface area contributed by atoms with E-state index in [1.54, 1.807) is 17.1 Å². The van der Waals surface area contributed by atoms with Gasteiger partial charge in [0, 0.05) is 12.2 Å². The monoisotopic (exact) mass is 509 g/mol. The molecular weight excluding hydrogens is 482 g/mol. The lowest BCUT2D eigenvalue weighted by molar-refractivity contribution is -0.125. The van der Waals surface area contributed by atoms with E-state index in [2.05, 4.69) is 84.9 Å². The summed E-state index contributed by atoms with van der Waals surface area (Å²) < 4.78 is 0. The second-order valence-electron chi connectivity index (χ2n) is 9.72. The van der Waals surface area contributed by atoms with Crippen LogP contribution in [0, 0.1) is 0 Å². The van der Waals surface area contributed by atoms with Crippen molar-refractivity contribution in [2.45, 2.75) is 5.54 Å². The molecular formula is C34H27NO2Si. The van der Waals surface area contributed by atoms with E-state index >= 15 is 0 Å². The fourth-order valence-corrected chi connectivity index (χ4v) is 11.2. The van der Waals surface area contributed by atoms with E-state index in [-0.39, 0.29) is 11.7 Å². The number of nitrogens with zero attached hydrogens (tertiary/aromatic N) is 1. The minimum absolute atomic E-state index is 0.0178. The molecule has 0 unspecified atom stereocenters. The van der Waals surface area contributed by atoms with Crippen molar-refractivity contribution in [3.8, 4) is 0 Å². The molecule has 3 nitrogen and oxygen atoms in total. The van der Waals surface area contributed by atoms with Crippen LogP contribution in [0.4, 0.5) is 0 Å². The van der Waals surface area contributed by atoms with E-state index in [1.165, 1.54) is 0 Å². The number of benzene rings is 4. The Morgan fingerprint density at radius 3 is 1.39 bits per heavy atom. The van der Waals surface area contributed by atoms with Crippen molar-refractivity contribution < 1.29 is 9.59 Å². The van der Waals surface area contributed by atoms with E-state index in [9.17, 15) is 9.59 Å². The fraction of sp³-hybridized carbons (Fsp3) is 0.0588. The van der Waals surface area contributed by atoms with Gasteiger partial charge in [0.1, 0.15) is 5.54 Å². The molecule has 4 aromatic carbocycles. The Bertz CT molecular complexity index is 1480. The Balaban J connectivity index is 1.84. The first-order valence-electron chi connectivity index (χ1n) is 12.8. The maximum atomic E-state index is 14.8. The van der Waals surface area contributed by atoms with Crippen LogP contribution in [0.3, 0.4) is 0 Å². The summed E-state index contributed by atoms with van der Waals surface area (Å²) in [6, 6.07) is 41.5. The lowest BCUT2D eigenvalue weighted by atomic mass is 9.83. The topological polar surface area (TPSA) is 37.4 Å². The molecule has 184 valence electrons. The molecule has 2 aliphatic rings. The van der Waals surface area contributed by atoms with Gasteiger partial charge in [0.2, 0.25) is 5.91 Å². The van der Waals surface area contributed by atoms with Gasteiger partial charge in [-0.2, -0.15) is 0 Å². The number of amides is 1. The largest absolute Gasteiger partial charge is 0.325 e. The summed E-state index contributed by atoms with van der Waals surface area (Å²) in [6.07, 6.45) is 6.96. The zero-order chi connectivity index (χ0) is 26.2. The summed E-state index contributed by atoms with van der Waals surface area (Å²) in [5.41, 5.74) is 1.05. The van der Waals surface area contributed by atoms with Gasteiger partial charge in [-0.05, 0) is 51.0 Å².